The quantitative estimate of drug-likeness (QED) is 0.542. The molecular formula is C15H12Cl2N2O6S. The third kappa shape index (κ3) is 4.06. The zero-order valence-corrected chi connectivity index (χ0v) is 15.3. The van der Waals surface area contributed by atoms with Crippen molar-refractivity contribution in [1.29, 1.82) is 0 Å². The highest BCUT2D eigenvalue weighted by Crippen LogP contribution is 2.37. The lowest BCUT2D eigenvalue weighted by molar-refractivity contribution is -0.387. The fourth-order valence-corrected chi connectivity index (χ4v) is 4.28. The van der Waals surface area contributed by atoms with E-state index < -0.39 is 44.5 Å². The number of halogens is 2. The van der Waals surface area contributed by atoms with Crippen molar-refractivity contribution in [3.8, 4) is 0 Å². The lowest BCUT2D eigenvalue weighted by atomic mass is 10.3. The summed E-state index contributed by atoms with van der Waals surface area (Å²) in [4.78, 5) is 20.7. The van der Waals surface area contributed by atoms with E-state index in [1.54, 1.807) is 0 Å². The number of anilines is 1. The maximum atomic E-state index is 13.1. The molecule has 0 heterocycles. The number of carboxylic acid groups (broad SMARTS) is 1. The Kier molecular flexibility index (Phi) is 6.06. The van der Waals surface area contributed by atoms with Crippen LogP contribution in [0, 0.1) is 10.1 Å². The summed E-state index contributed by atoms with van der Waals surface area (Å²) >= 11 is 12.0. The Morgan fingerprint density at radius 3 is 2.42 bits per heavy atom. The van der Waals surface area contributed by atoms with Crippen LogP contribution in [0.5, 0.6) is 0 Å². The summed E-state index contributed by atoms with van der Waals surface area (Å²) in [5.41, 5.74) is -0.704. The van der Waals surface area contributed by atoms with E-state index >= 15 is 0 Å². The summed E-state index contributed by atoms with van der Waals surface area (Å²) < 4.78 is 26.8. The highest BCUT2D eigenvalue weighted by Gasteiger charge is 2.33. The number of carbonyl (C=O) groups is 1. The predicted octanol–water partition coefficient (Wildman–Crippen LogP) is 3.57. The van der Waals surface area contributed by atoms with Gasteiger partial charge >= 0.3 is 5.97 Å². The third-order valence-corrected chi connectivity index (χ3v) is 6.03. The van der Waals surface area contributed by atoms with E-state index in [2.05, 4.69) is 0 Å². The van der Waals surface area contributed by atoms with E-state index in [1.807, 2.05) is 0 Å². The molecule has 138 valence electrons. The molecule has 1 N–H and O–H groups in total. The first-order valence-corrected chi connectivity index (χ1v) is 9.28. The van der Waals surface area contributed by atoms with Crippen LogP contribution in [0.1, 0.15) is 6.42 Å². The number of carboxylic acids is 1. The molecule has 0 aliphatic rings. The molecule has 26 heavy (non-hydrogen) atoms. The van der Waals surface area contributed by atoms with Crippen molar-refractivity contribution in [2.75, 3.05) is 10.8 Å². The summed E-state index contributed by atoms with van der Waals surface area (Å²) in [6.45, 7) is -0.482. The Morgan fingerprint density at radius 1 is 1.15 bits per heavy atom. The first-order chi connectivity index (χ1) is 12.2. The first kappa shape index (κ1) is 20.0. The van der Waals surface area contributed by atoms with Gasteiger partial charge in [-0.2, -0.15) is 0 Å². The van der Waals surface area contributed by atoms with Crippen LogP contribution in [0.3, 0.4) is 0 Å². The predicted molar refractivity (Wildman–Crippen MR) is 96.3 cm³/mol. The van der Waals surface area contributed by atoms with Crippen LogP contribution >= 0.6 is 23.2 Å². The van der Waals surface area contributed by atoms with Gasteiger partial charge in [-0.3, -0.25) is 19.2 Å². The maximum absolute atomic E-state index is 13.1. The van der Waals surface area contributed by atoms with Gasteiger partial charge in [0.05, 0.1) is 27.1 Å². The molecule has 0 radical (unpaired) electrons. The van der Waals surface area contributed by atoms with E-state index in [0.717, 1.165) is 12.1 Å². The normalized spacial score (nSPS) is 11.2. The fraction of sp³-hybridized carbons (Fsp3) is 0.133. The molecule has 0 saturated carbocycles. The topological polar surface area (TPSA) is 118 Å². The van der Waals surface area contributed by atoms with Gasteiger partial charge in [0, 0.05) is 12.6 Å². The van der Waals surface area contributed by atoms with Gasteiger partial charge < -0.3 is 5.11 Å². The van der Waals surface area contributed by atoms with E-state index in [0.29, 0.717) is 4.31 Å². The van der Waals surface area contributed by atoms with Gasteiger partial charge in [0.15, 0.2) is 4.90 Å². The van der Waals surface area contributed by atoms with Crippen LogP contribution in [-0.2, 0) is 14.8 Å². The van der Waals surface area contributed by atoms with Crippen molar-refractivity contribution in [2.45, 2.75) is 11.3 Å². The second-order valence-electron chi connectivity index (χ2n) is 5.02. The minimum Gasteiger partial charge on any atom is -0.481 e. The van der Waals surface area contributed by atoms with E-state index in [-0.39, 0.29) is 15.7 Å². The van der Waals surface area contributed by atoms with Crippen molar-refractivity contribution in [3.63, 3.8) is 0 Å². The second-order valence-corrected chi connectivity index (χ2v) is 7.63. The molecule has 2 aromatic carbocycles. The number of para-hydroxylation sites is 1. The largest absolute Gasteiger partial charge is 0.481 e. The molecular weight excluding hydrogens is 407 g/mol. The average molecular weight is 419 g/mol. The smallest absolute Gasteiger partial charge is 0.305 e. The zero-order valence-electron chi connectivity index (χ0n) is 13.0. The van der Waals surface area contributed by atoms with Crippen LogP contribution in [0.25, 0.3) is 0 Å². The first-order valence-electron chi connectivity index (χ1n) is 7.08. The van der Waals surface area contributed by atoms with E-state index in [4.69, 9.17) is 28.3 Å². The Morgan fingerprint density at radius 2 is 1.81 bits per heavy atom. The minimum absolute atomic E-state index is 0.0576. The summed E-state index contributed by atoms with van der Waals surface area (Å²) in [5.74, 6) is -1.24. The van der Waals surface area contributed by atoms with Crippen LogP contribution < -0.4 is 4.31 Å². The summed E-state index contributed by atoms with van der Waals surface area (Å²) in [5, 5.41) is 20.1. The molecule has 0 fully saturated rings. The molecule has 0 bridgehead atoms. The fourth-order valence-electron chi connectivity index (χ4n) is 2.20. The van der Waals surface area contributed by atoms with E-state index in [1.165, 1.54) is 30.3 Å². The Balaban J connectivity index is 2.67. The maximum Gasteiger partial charge on any atom is 0.305 e. The molecule has 0 unspecified atom stereocenters. The van der Waals surface area contributed by atoms with Crippen LogP contribution in [0.15, 0.2) is 47.4 Å². The number of nitrogens with zero attached hydrogens (tertiary/aromatic N) is 2. The van der Waals surface area contributed by atoms with Crippen molar-refractivity contribution in [1.82, 2.24) is 0 Å². The monoisotopic (exact) mass is 418 g/mol. The molecule has 0 aliphatic heterocycles. The average Bonchev–Trinajstić information content (AvgIpc) is 2.58. The Labute approximate surface area is 158 Å². The number of hydrogen-bond acceptors (Lipinski definition) is 5. The van der Waals surface area contributed by atoms with Gasteiger partial charge in [0.2, 0.25) is 0 Å². The van der Waals surface area contributed by atoms with Crippen molar-refractivity contribution in [3.05, 3.63) is 62.6 Å². The summed E-state index contributed by atoms with van der Waals surface area (Å²) in [7, 11) is -4.48. The van der Waals surface area contributed by atoms with Crippen LogP contribution in [0.4, 0.5) is 11.4 Å². The molecule has 11 heteroatoms. The summed E-state index contributed by atoms with van der Waals surface area (Å²) in [6.07, 6.45) is -0.539. The number of nitro groups is 1. The summed E-state index contributed by atoms with van der Waals surface area (Å²) in [6, 6.07) is 8.97. The Bertz CT molecular complexity index is 964. The lowest BCUT2D eigenvalue weighted by Crippen LogP contribution is -2.33. The molecule has 0 aliphatic carbocycles. The van der Waals surface area contributed by atoms with Gasteiger partial charge in [-0.05, 0) is 18.2 Å². The van der Waals surface area contributed by atoms with Crippen LogP contribution in [0.2, 0.25) is 10.0 Å². The third-order valence-electron chi connectivity index (χ3n) is 3.36. The molecule has 2 rings (SSSR count). The zero-order chi connectivity index (χ0) is 19.5. The van der Waals surface area contributed by atoms with E-state index in [9.17, 15) is 23.3 Å². The second kappa shape index (κ2) is 7.90. The molecule has 0 atom stereocenters. The molecule has 0 saturated heterocycles. The number of nitro benzene ring substituents is 1. The van der Waals surface area contributed by atoms with Gasteiger partial charge in [-0.25, -0.2) is 8.42 Å². The number of hydrogen-bond donors (Lipinski definition) is 1. The lowest BCUT2D eigenvalue weighted by Gasteiger charge is -2.25. The number of benzene rings is 2. The van der Waals surface area contributed by atoms with Gasteiger partial charge in [-0.15, -0.1) is 0 Å². The molecule has 2 aromatic rings. The molecule has 8 nitrogen and oxygen atoms in total. The van der Waals surface area contributed by atoms with Crippen molar-refractivity contribution >= 4 is 50.6 Å². The number of sulfonamides is 1. The van der Waals surface area contributed by atoms with Crippen LogP contribution in [-0.4, -0.2) is 31.0 Å². The van der Waals surface area contributed by atoms with Gasteiger partial charge in [0.25, 0.3) is 15.7 Å². The SMILES string of the molecule is O=C(O)CCN(c1cccc(Cl)c1Cl)S(=O)(=O)c1ccccc1[N+](=O)[O-]. The minimum atomic E-state index is -4.48. The van der Waals surface area contributed by atoms with Gasteiger partial charge in [0.1, 0.15) is 0 Å². The van der Waals surface area contributed by atoms with Crippen molar-refractivity contribution < 1.29 is 23.2 Å². The number of rotatable bonds is 7. The molecule has 0 amide bonds. The number of aliphatic carboxylic acids is 1. The Hall–Kier alpha value is -2.36. The molecule has 0 spiro atoms. The highest BCUT2D eigenvalue weighted by molar-refractivity contribution is 7.93. The highest BCUT2D eigenvalue weighted by atomic mass is 35.5. The molecule has 0 aromatic heterocycles. The van der Waals surface area contributed by atoms with Gasteiger partial charge in [-0.1, -0.05) is 41.4 Å². The van der Waals surface area contributed by atoms with Crippen molar-refractivity contribution in [2.24, 2.45) is 0 Å². The standard InChI is InChI=1S/C15H12Cl2N2O6S/c16-10-4-3-6-12(15(10)17)18(9-8-14(20)21)26(24,25)13-7-2-1-5-11(13)19(22)23/h1-7H,8-9H2,(H,20,21).